The Morgan fingerprint density at radius 2 is 2.15 bits per heavy atom. The lowest BCUT2D eigenvalue weighted by atomic mass is 10.0. The average molecular weight is 368 g/mol. The highest BCUT2D eigenvalue weighted by Gasteiger charge is 2.26. The van der Waals surface area contributed by atoms with Gasteiger partial charge in [-0.15, -0.1) is 11.3 Å². The van der Waals surface area contributed by atoms with Gasteiger partial charge in [0.1, 0.15) is 12.4 Å². The van der Waals surface area contributed by atoms with Crippen LogP contribution in [0.15, 0.2) is 40.5 Å². The summed E-state index contributed by atoms with van der Waals surface area (Å²) in [6, 6.07) is 9.62. The number of carbonyl (C=O) groups excluding carboxylic acids is 1. The SMILES string of the molecule is C[C@H]1c2ccsc2CCN1Cc1nc2ccccc2c(=O)n1CC(N)=O. The molecule has 2 N–H and O–H groups in total. The fourth-order valence-electron chi connectivity index (χ4n) is 3.61. The molecule has 0 unspecified atom stereocenters. The molecule has 26 heavy (non-hydrogen) atoms. The maximum atomic E-state index is 12.9. The minimum Gasteiger partial charge on any atom is -0.368 e. The molecule has 0 fully saturated rings. The molecule has 4 rings (SSSR count). The van der Waals surface area contributed by atoms with E-state index < -0.39 is 5.91 Å². The lowest BCUT2D eigenvalue weighted by Crippen LogP contribution is -2.37. The number of para-hydroxylation sites is 1. The van der Waals surface area contributed by atoms with Crippen LogP contribution in [0.25, 0.3) is 10.9 Å². The Morgan fingerprint density at radius 1 is 1.35 bits per heavy atom. The predicted molar refractivity (Wildman–Crippen MR) is 102 cm³/mol. The highest BCUT2D eigenvalue weighted by atomic mass is 32.1. The number of benzene rings is 1. The van der Waals surface area contributed by atoms with Crippen LogP contribution in [0.3, 0.4) is 0 Å². The molecule has 0 saturated carbocycles. The summed E-state index contributed by atoms with van der Waals surface area (Å²) in [7, 11) is 0. The van der Waals surface area contributed by atoms with Crippen LogP contribution in [0.1, 0.15) is 29.2 Å². The molecular weight excluding hydrogens is 348 g/mol. The molecule has 1 atom stereocenters. The number of rotatable bonds is 4. The van der Waals surface area contributed by atoms with Crippen LogP contribution >= 0.6 is 11.3 Å². The largest absolute Gasteiger partial charge is 0.368 e. The third kappa shape index (κ3) is 2.93. The number of primary amides is 1. The highest BCUT2D eigenvalue weighted by Crippen LogP contribution is 2.33. The first-order chi connectivity index (χ1) is 12.5. The fourth-order valence-corrected chi connectivity index (χ4v) is 4.58. The van der Waals surface area contributed by atoms with Crippen molar-refractivity contribution < 1.29 is 4.79 Å². The Bertz CT molecular complexity index is 1040. The van der Waals surface area contributed by atoms with Crippen LogP contribution in [0.5, 0.6) is 0 Å². The van der Waals surface area contributed by atoms with E-state index in [0.717, 1.165) is 13.0 Å². The molecule has 1 aliphatic rings. The number of nitrogens with two attached hydrogens (primary N) is 1. The smallest absolute Gasteiger partial charge is 0.261 e. The zero-order chi connectivity index (χ0) is 18.3. The Morgan fingerprint density at radius 3 is 2.96 bits per heavy atom. The molecule has 0 aliphatic carbocycles. The summed E-state index contributed by atoms with van der Waals surface area (Å²) in [5, 5.41) is 2.63. The first-order valence-electron chi connectivity index (χ1n) is 8.61. The van der Waals surface area contributed by atoms with Crippen molar-refractivity contribution in [3.8, 4) is 0 Å². The van der Waals surface area contributed by atoms with E-state index in [1.165, 1.54) is 15.0 Å². The Balaban J connectivity index is 1.76. The zero-order valence-corrected chi connectivity index (χ0v) is 15.3. The molecule has 0 saturated heterocycles. The minimum atomic E-state index is -0.544. The predicted octanol–water partition coefficient (Wildman–Crippen LogP) is 2.06. The van der Waals surface area contributed by atoms with Crippen molar-refractivity contribution >= 4 is 28.1 Å². The van der Waals surface area contributed by atoms with E-state index in [9.17, 15) is 9.59 Å². The molecule has 1 amide bonds. The van der Waals surface area contributed by atoms with Crippen LogP contribution in [0, 0.1) is 0 Å². The standard InChI is InChI=1S/C19H20N4O2S/c1-12-13-7-9-26-16(13)6-8-22(12)11-18-21-15-5-3-2-4-14(15)19(25)23(18)10-17(20)24/h2-5,7,9,12H,6,8,10-11H2,1H3,(H2,20,24)/t12-/m0/s1. The van der Waals surface area contributed by atoms with E-state index in [0.29, 0.717) is 23.3 Å². The lowest BCUT2D eigenvalue weighted by molar-refractivity contribution is -0.118. The summed E-state index contributed by atoms with van der Waals surface area (Å²) in [5.41, 5.74) is 7.15. The summed E-state index contributed by atoms with van der Waals surface area (Å²) in [4.78, 5) is 32.8. The van der Waals surface area contributed by atoms with E-state index in [1.807, 2.05) is 12.1 Å². The minimum absolute atomic E-state index is 0.155. The van der Waals surface area contributed by atoms with E-state index in [-0.39, 0.29) is 18.1 Å². The topological polar surface area (TPSA) is 81.2 Å². The molecule has 0 radical (unpaired) electrons. The van der Waals surface area contributed by atoms with Crippen molar-refractivity contribution in [2.75, 3.05) is 6.54 Å². The zero-order valence-electron chi connectivity index (χ0n) is 14.5. The van der Waals surface area contributed by atoms with Crippen molar-refractivity contribution in [1.29, 1.82) is 0 Å². The van der Waals surface area contributed by atoms with Crippen LogP contribution in [-0.2, 0) is 24.3 Å². The Kier molecular flexibility index (Phi) is 4.34. The fraction of sp³-hybridized carbons (Fsp3) is 0.316. The summed E-state index contributed by atoms with van der Waals surface area (Å²) >= 11 is 1.79. The van der Waals surface area contributed by atoms with E-state index in [1.54, 1.807) is 23.5 Å². The lowest BCUT2D eigenvalue weighted by Gasteiger charge is -2.33. The van der Waals surface area contributed by atoms with Gasteiger partial charge in [-0.05, 0) is 42.5 Å². The average Bonchev–Trinajstić information content (AvgIpc) is 3.10. The summed E-state index contributed by atoms with van der Waals surface area (Å²) in [5.74, 6) is 0.0373. The van der Waals surface area contributed by atoms with Crippen LogP contribution < -0.4 is 11.3 Å². The van der Waals surface area contributed by atoms with Gasteiger partial charge < -0.3 is 5.73 Å². The second-order valence-electron chi connectivity index (χ2n) is 6.60. The molecule has 0 bridgehead atoms. The van der Waals surface area contributed by atoms with Crippen molar-refractivity contribution in [1.82, 2.24) is 14.5 Å². The van der Waals surface area contributed by atoms with Gasteiger partial charge in [-0.25, -0.2) is 4.98 Å². The number of thiophene rings is 1. The second kappa shape index (κ2) is 6.66. The molecule has 7 heteroatoms. The van der Waals surface area contributed by atoms with E-state index >= 15 is 0 Å². The van der Waals surface area contributed by atoms with Crippen LogP contribution in [0.4, 0.5) is 0 Å². The molecule has 1 aromatic carbocycles. The number of hydrogen-bond donors (Lipinski definition) is 1. The molecule has 0 spiro atoms. The third-order valence-corrected chi connectivity index (χ3v) is 6.00. The molecule has 3 aromatic rings. The van der Waals surface area contributed by atoms with Gasteiger partial charge in [0.2, 0.25) is 5.91 Å². The first kappa shape index (κ1) is 16.9. The van der Waals surface area contributed by atoms with Gasteiger partial charge in [0.05, 0.1) is 17.4 Å². The quantitative estimate of drug-likeness (QED) is 0.764. The number of aromatic nitrogens is 2. The van der Waals surface area contributed by atoms with Gasteiger partial charge in [0, 0.05) is 17.5 Å². The Hall–Kier alpha value is -2.51. The number of hydrogen-bond acceptors (Lipinski definition) is 5. The molecule has 1 aliphatic heterocycles. The van der Waals surface area contributed by atoms with Crippen LogP contribution in [0.2, 0.25) is 0 Å². The van der Waals surface area contributed by atoms with Gasteiger partial charge in [0.15, 0.2) is 0 Å². The summed E-state index contributed by atoms with van der Waals surface area (Å²) < 4.78 is 1.42. The summed E-state index contributed by atoms with van der Waals surface area (Å²) in [6.07, 6.45) is 0.991. The maximum absolute atomic E-state index is 12.9. The van der Waals surface area contributed by atoms with Gasteiger partial charge in [-0.1, -0.05) is 12.1 Å². The molecule has 3 heterocycles. The molecule has 6 nitrogen and oxygen atoms in total. The van der Waals surface area contributed by atoms with Gasteiger partial charge in [-0.3, -0.25) is 19.1 Å². The highest BCUT2D eigenvalue weighted by molar-refractivity contribution is 7.10. The molecule has 2 aromatic heterocycles. The third-order valence-electron chi connectivity index (χ3n) is 5.00. The van der Waals surface area contributed by atoms with Crippen molar-refractivity contribution in [2.24, 2.45) is 5.73 Å². The number of amides is 1. The van der Waals surface area contributed by atoms with Crippen molar-refractivity contribution in [3.05, 3.63) is 62.3 Å². The van der Waals surface area contributed by atoms with Crippen molar-refractivity contribution in [3.63, 3.8) is 0 Å². The second-order valence-corrected chi connectivity index (χ2v) is 7.60. The first-order valence-corrected chi connectivity index (χ1v) is 9.49. The van der Waals surface area contributed by atoms with Crippen LogP contribution in [-0.4, -0.2) is 26.9 Å². The molecular formula is C19H20N4O2S. The number of nitrogens with zero attached hydrogens (tertiary/aromatic N) is 3. The van der Waals surface area contributed by atoms with Crippen molar-refractivity contribution in [2.45, 2.75) is 32.5 Å². The number of fused-ring (bicyclic) bond motifs is 2. The summed E-state index contributed by atoms with van der Waals surface area (Å²) in [6.45, 7) is 3.41. The monoisotopic (exact) mass is 368 g/mol. The number of carbonyl (C=O) groups is 1. The van der Waals surface area contributed by atoms with E-state index in [2.05, 4.69) is 28.3 Å². The normalized spacial score (nSPS) is 17.3. The van der Waals surface area contributed by atoms with Gasteiger partial charge in [0.25, 0.3) is 5.56 Å². The maximum Gasteiger partial charge on any atom is 0.261 e. The van der Waals surface area contributed by atoms with E-state index in [4.69, 9.17) is 5.73 Å². The Labute approximate surface area is 154 Å². The van der Waals surface area contributed by atoms with Gasteiger partial charge in [-0.2, -0.15) is 0 Å². The molecule has 134 valence electrons. The van der Waals surface area contributed by atoms with Gasteiger partial charge >= 0.3 is 0 Å².